The van der Waals surface area contributed by atoms with Crippen molar-refractivity contribution in [1.29, 1.82) is 0 Å². The van der Waals surface area contributed by atoms with E-state index in [1.54, 1.807) is 0 Å². The summed E-state index contributed by atoms with van der Waals surface area (Å²) in [6.07, 6.45) is 1.09. The van der Waals surface area contributed by atoms with Crippen LogP contribution in [0.2, 0.25) is 0 Å². The summed E-state index contributed by atoms with van der Waals surface area (Å²) < 4.78 is 0. The number of rotatable bonds is 7. The van der Waals surface area contributed by atoms with Crippen molar-refractivity contribution in [3.05, 3.63) is 65.7 Å². The fourth-order valence-corrected chi connectivity index (χ4v) is 2.56. The number of nitrogens with one attached hydrogen (secondary N) is 1. The minimum atomic E-state index is -0.00757. The molecule has 2 aromatic rings. The second-order valence-corrected chi connectivity index (χ2v) is 5.99. The van der Waals surface area contributed by atoms with Crippen molar-refractivity contribution >= 4 is 11.6 Å². The Morgan fingerprint density at radius 3 is 2.39 bits per heavy atom. The molecular weight excluding hydrogens is 286 g/mol. The van der Waals surface area contributed by atoms with Gasteiger partial charge in [0.05, 0.1) is 6.04 Å². The molecule has 2 aromatic carbocycles. The van der Waals surface area contributed by atoms with Crippen LogP contribution in [0.5, 0.6) is 0 Å². The summed E-state index contributed by atoms with van der Waals surface area (Å²) in [6, 6.07) is 17.7. The van der Waals surface area contributed by atoms with E-state index in [1.165, 1.54) is 0 Å². The van der Waals surface area contributed by atoms with Crippen LogP contribution >= 0.6 is 0 Å². The number of likely N-dealkylation sites (N-methyl/N-ethyl adjacent to an activating group) is 1. The van der Waals surface area contributed by atoms with Gasteiger partial charge in [0, 0.05) is 18.7 Å². The number of benzene rings is 2. The molecule has 1 atom stereocenters. The quantitative estimate of drug-likeness (QED) is 0.773. The molecule has 0 saturated heterocycles. The van der Waals surface area contributed by atoms with Crippen molar-refractivity contribution in [3.63, 3.8) is 0 Å². The van der Waals surface area contributed by atoms with Gasteiger partial charge < -0.3 is 16.0 Å². The number of para-hydroxylation sites is 1. The van der Waals surface area contributed by atoms with Crippen LogP contribution in [-0.2, 0) is 11.2 Å². The SMILES string of the molecule is CN(C)CC(NC(=O)CCc1ccccc1N)c1ccccc1. The molecule has 0 saturated carbocycles. The van der Waals surface area contributed by atoms with Crippen molar-refractivity contribution in [2.45, 2.75) is 18.9 Å². The fraction of sp³-hybridized carbons (Fsp3) is 0.316. The highest BCUT2D eigenvalue weighted by Gasteiger charge is 2.15. The Labute approximate surface area is 138 Å². The van der Waals surface area contributed by atoms with Crippen LogP contribution in [-0.4, -0.2) is 31.4 Å². The van der Waals surface area contributed by atoms with Gasteiger partial charge in [0.15, 0.2) is 0 Å². The lowest BCUT2D eigenvalue weighted by molar-refractivity contribution is -0.121. The van der Waals surface area contributed by atoms with Gasteiger partial charge >= 0.3 is 0 Å². The lowest BCUT2D eigenvalue weighted by Gasteiger charge is -2.23. The number of carbonyl (C=O) groups is 1. The van der Waals surface area contributed by atoms with Gasteiger partial charge in [-0.2, -0.15) is 0 Å². The van der Waals surface area contributed by atoms with Crippen molar-refractivity contribution in [3.8, 4) is 0 Å². The van der Waals surface area contributed by atoms with E-state index in [0.717, 1.165) is 23.4 Å². The smallest absolute Gasteiger partial charge is 0.220 e. The van der Waals surface area contributed by atoms with Gasteiger partial charge in [-0.05, 0) is 37.7 Å². The van der Waals surface area contributed by atoms with Gasteiger partial charge in [0.25, 0.3) is 0 Å². The molecule has 3 N–H and O–H groups in total. The molecule has 1 amide bonds. The highest BCUT2D eigenvalue weighted by atomic mass is 16.1. The molecule has 0 bridgehead atoms. The number of hydrogen-bond acceptors (Lipinski definition) is 3. The molecule has 0 fully saturated rings. The van der Waals surface area contributed by atoms with Crippen LogP contribution in [0.3, 0.4) is 0 Å². The minimum Gasteiger partial charge on any atom is -0.399 e. The van der Waals surface area contributed by atoms with Crippen molar-refractivity contribution in [1.82, 2.24) is 10.2 Å². The number of carbonyl (C=O) groups excluding carboxylic acids is 1. The first-order valence-corrected chi connectivity index (χ1v) is 7.88. The summed E-state index contributed by atoms with van der Waals surface area (Å²) >= 11 is 0. The Bertz CT molecular complexity index is 626. The molecule has 0 aliphatic rings. The zero-order valence-electron chi connectivity index (χ0n) is 13.8. The van der Waals surface area contributed by atoms with Crippen LogP contribution in [0, 0.1) is 0 Å². The summed E-state index contributed by atoms with van der Waals surface area (Å²) in [5.41, 5.74) is 8.81. The molecule has 0 aromatic heterocycles. The summed E-state index contributed by atoms with van der Waals surface area (Å²) in [6.45, 7) is 0.767. The van der Waals surface area contributed by atoms with Crippen LogP contribution in [0.1, 0.15) is 23.6 Å². The van der Waals surface area contributed by atoms with Gasteiger partial charge in [-0.15, -0.1) is 0 Å². The fourth-order valence-electron chi connectivity index (χ4n) is 2.56. The first-order valence-electron chi connectivity index (χ1n) is 7.88. The monoisotopic (exact) mass is 311 g/mol. The number of nitrogens with zero attached hydrogens (tertiary/aromatic N) is 1. The van der Waals surface area contributed by atoms with E-state index in [2.05, 4.69) is 10.2 Å². The van der Waals surface area contributed by atoms with Gasteiger partial charge in [-0.25, -0.2) is 0 Å². The maximum atomic E-state index is 12.3. The molecule has 0 aliphatic heterocycles. The molecule has 4 heteroatoms. The molecule has 0 heterocycles. The van der Waals surface area contributed by atoms with E-state index in [4.69, 9.17) is 5.73 Å². The average Bonchev–Trinajstić information content (AvgIpc) is 2.54. The van der Waals surface area contributed by atoms with E-state index in [-0.39, 0.29) is 11.9 Å². The third-order valence-corrected chi connectivity index (χ3v) is 3.76. The summed E-state index contributed by atoms with van der Waals surface area (Å²) in [5.74, 6) is 0.0453. The molecule has 0 spiro atoms. The highest BCUT2D eigenvalue weighted by Crippen LogP contribution is 2.15. The van der Waals surface area contributed by atoms with Crippen molar-refractivity contribution < 1.29 is 4.79 Å². The van der Waals surface area contributed by atoms with Gasteiger partial charge in [0.2, 0.25) is 5.91 Å². The van der Waals surface area contributed by atoms with E-state index in [1.807, 2.05) is 68.7 Å². The molecule has 4 nitrogen and oxygen atoms in total. The molecule has 23 heavy (non-hydrogen) atoms. The van der Waals surface area contributed by atoms with Gasteiger partial charge in [0.1, 0.15) is 0 Å². The summed E-state index contributed by atoms with van der Waals surface area (Å²) in [5, 5.41) is 3.13. The van der Waals surface area contributed by atoms with Gasteiger partial charge in [-0.3, -0.25) is 4.79 Å². The maximum absolute atomic E-state index is 12.3. The molecule has 0 radical (unpaired) electrons. The number of amides is 1. The Morgan fingerprint density at radius 2 is 1.74 bits per heavy atom. The topological polar surface area (TPSA) is 58.4 Å². The largest absolute Gasteiger partial charge is 0.399 e. The first-order chi connectivity index (χ1) is 11.1. The van der Waals surface area contributed by atoms with E-state index in [9.17, 15) is 4.79 Å². The van der Waals surface area contributed by atoms with Crippen LogP contribution < -0.4 is 11.1 Å². The van der Waals surface area contributed by atoms with Crippen LogP contribution in [0.15, 0.2) is 54.6 Å². The molecule has 2 rings (SSSR count). The lowest BCUT2D eigenvalue weighted by atomic mass is 10.0. The number of hydrogen-bond donors (Lipinski definition) is 2. The second kappa shape index (κ2) is 8.34. The third-order valence-electron chi connectivity index (χ3n) is 3.76. The molecule has 0 aliphatic carbocycles. The molecule has 122 valence electrons. The molecule has 1 unspecified atom stereocenters. The number of nitrogens with two attached hydrogens (primary N) is 1. The Morgan fingerprint density at radius 1 is 1.09 bits per heavy atom. The Kier molecular flexibility index (Phi) is 6.18. The van der Waals surface area contributed by atoms with E-state index in [0.29, 0.717) is 12.8 Å². The Hall–Kier alpha value is -2.33. The predicted molar refractivity (Wildman–Crippen MR) is 95.1 cm³/mol. The maximum Gasteiger partial charge on any atom is 0.220 e. The third kappa shape index (κ3) is 5.42. The van der Waals surface area contributed by atoms with Crippen molar-refractivity contribution in [2.24, 2.45) is 0 Å². The summed E-state index contributed by atoms with van der Waals surface area (Å²) in [7, 11) is 4.01. The predicted octanol–water partition coefficient (Wildman–Crippen LogP) is 2.62. The first kappa shape index (κ1) is 17.0. The number of aryl methyl sites for hydroxylation is 1. The number of anilines is 1. The highest BCUT2D eigenvalue weighted by molar-refractivity contribution is 5.77. The van der Waals surface area contributed by atoms with Crippen LogP contribution in [0.4, 0.5) is 5.69 Å². The average molecular weight is 311 g/mol. The standard InChI is InChI=1S/C19H25N3O/c1-22(2)14-18(16-9-4-3-5-10-16)21-19(23)13-12-15-8-6-7-11-17(15)20/h3-11,18H,12-14,20H2,1-2H3,(H,21,23). The summed E-state index contributed by atoms with van der Waals surface area (Å²) in [4.78, 5) is 14.4. The zero-order valence-corrected chi connectivity index (χ0v) is 13.8. The Balaban J connectivity index is 1.96. The number of nitrogen functional groups attached to an aromatic ring is 1. The lowest BCUT2D eigenvalue weighted by Crippen LogP contribution is -2.35. The van der Waals surface area contributed by atoms with E-state index >= 15 is 0 Å². The zero-order chi connectivity index (χ0) is 16.7. The second-order valence-electron chi connectivity index (χ2n) is 5.99. The van der Waals surface area contributed by atoms with E-state index < -0.39 is 0 Å². The van der Waals surface area contributed by atoms with Crippen LogP contribution in [0.25, 0.3) is 0 Å². The van der Waals surface area contributed by atoms with Crippen molar-refractivity contribution in [2.75, 3.05) is 26.4 Å². The van der Waals surface area contributed by atoms with Gasteiger partial charge in [-0.1, -0.05) is 48.5 Å². The molecular formula is C19H25N3O. The minimum absolute atomic E-state index is 0.00757. The normalized spacial score (nSPS) is 12.1.